The summed E-state index contributed by atoms with van der Waals surface area (Å²) in [6.45, 7) is 0.925. The number of hydrogen-bond donors (Lipinski definition) is 2. The van der Waals surface area contributed by atoms with Gasteiger partial charge in [-0.2, -0.15) is 0 Å². The Hall–Kier alpha value is -1.96. The van der Waals surface area contributed by atoms with Crippen LogP contribution in [0.1, 0.15) is 10.9 Å². The number of anilines is 1. The summed E-state index contributed by atoms with van der Waals surface area (Å²) in [6.07, 6.45) is 1.53. The minimum atomic E-state index is -0.678. The van der Waals surface area contributed by atoms with E-state index in [9.17, 15) is 4.79 Å². The highest BCUT2D eigenvalue weighted by atomic mass is 32.1. The molecule has 0 radical (unpaired) electrons. The molecule has 0 bridgehead atoms. The maximum atomic E-state index is 12.0. The summed E-state index contributed by atoms with van der Waals surface area (Å²) in [4.78, 5) is 16.9. The molecule has 2 heterocycles. The second-order valence-electron chi connectivity index (χ2n) is 4.21. The Kier molecular flexibility index (Phi) is 5.68. The van der Waals surface area contributed by atoms with Gasteiger partial charge in [0.2, 0.25) is 11.8 Å². The Morgan fingerprint density at radius 1 is 1.43 bits per heavy atom. The standard InChI is InChI=1S/C14H17N3O3S/c1-19-6-7-20-12-5-4-10(9-16-12)17-14(18)13(15)11-3-2-8-21-11/h2-5,8-9,13H,6-7,15H2,1H3,(H,17,18). The number of ether oxygens (including phenoxy) is 2. The average molecular weight is 307 g/mol. The molecule has 7 heteroatoms. The first-order valence-electron chi connectivity index (χ1n) is 6.38. The molecule has 0 saturated heterocycles. The second kappa shape index (κ2) is 7.72. The van der Waals surface area contributed by atoms with Gasteiger partial charge in [-0.15, -0.1) is 11.3 Å². The van der Waals surface area contributed by atoms with Gasteiger partial charge in [0.25, 0.3) is 0 Å². The van der Waals surface area contributed by atoms with E-state index < -0.39 is 6.04 Å². The van der Waals surface area contributed by atoms with E-state index in [1.54, 1.807) is 19.2 Å². The lowest BCUT2D eigenvalue weighted by Crippen LogP contribution is -2.27. The van der Waals surface area contributed by atoms with E-state index in [0.29, 0.717) is 24.8 Å². The van der Waals surface area contributed by atoms with Gasteiger partial charge in [-0.3, -0.25) is 4.79 Å². The Labute approximate surface area is 126 Å². The van der Waals surface area contributed by atoms with E-state index in [4.69, 9.17) is 15.2 Å². The number of carbonyl (C=O) groups is 1. The summed E-state index contributed by atoms with van der Waals surface area (Å²) in [6, 6.07) is 6.42. The molecule has 1 unspecified atom stereocenters. The van der Waals surface area contributed by atoms with Crippen LogP contribution in [0, 0.1) is 0 Å². The number of amides is 1. The molecule has 112 valence electrons. The largest absolute Gasteiger partial charge is 0.475 e. The molecule has 0 fully saturated rings. The summed E-state index contributed by atoms with van der Waals surface area (Å²) < 4.78 is 10.2. The topological polar surface area (TPSA) is 86.5 Å². The SMILES string of the molecule is COCCOc1ccc(NC(=O)C(N)c2cccs2)cn1. The Morgan fingerprint density at radius 2 is 2.29 bits per heavy atom. The van der Waals surface area contributed by atoms with Crippen LogP contribution in [0.2, 0.25) is 0 Å². The molecule has 21 heavy (non-hydrogen) atoms. The highest BCUT2D eigenvalue weighted by Crippen LogP contribution is 2.19. The van der Waals surface area contributed by atoms with Crippen LogP contribution in [0.25, 0.3) is 0 Å². The van der Waals surface area contributed by atoms with Crippen molar-refractivity contribution < 1.29 is 14.3 Å². The summed E-state index contributed by atoms with van der Waals surface area (Å²) in [5, 5.41) is 4.61. The van der Waals surface area contributed by atoms with Crippen molar-refractivity contribution in [1.82, 2.24) is 4.98 Å². The predicted octanol–water partition coefficient (Wildman–Crippen LogP) is 1.81. The third-order valence-electron chi connectivity index (χ3n) is 2.67. The van der Waals surface area contributed by atoms with Gasteiger partial charge in [0, 0.05) is 18.1 Å². The lowest BCUT2D eigenvalue weighted by atomic mass is 10.2. The lowest BCUT2D eigenvalue weighted by molar-refractivity contribution is -0.117. The molecule has 0 aliphatic rings. The van der Waals surface area contributed by atoms with E-state index in [1.807, 2.05) is 17.5 Å². The van der Waals surface area contributed by atoms with Gasteiger partial charge in [0.1, 0.15) is 12.6 Å². The van der Waals surface area contributed by atoms with Crippen molar-refractivity contribution in [3.63, 3.8) is 0 Å². The van der Waals surface area contributed by atoms with Gasteiger partial charge >= 0.3 is 0 Å². The number of pyridine rings is 1. The molecule has 3 N–H and O–H groups in total. The fourth-order valence-corrected chi connectivity index (χ4v) is 2.31. The molecule has 0 aliphatic heterocycles. The van der Waals surface area contributed by atoms with Crippen LogP contribution in [0.5, 0.6) is 5.88 Å². The Bertz CT molecular complexity index is 557. The molecule has 0 aromatic carbocycles. The zero-order valence-corrected chi connectivity index (χ0v) is 12.4. The quantitative estimate of drug-likeness (QED) is 0.762. The number of nitrogens with zero attached hydrogens (tertiary/aromatic N) is 1. The minimum Gasteiger partial charge on any atom is -0.475 e. The van der Waals surface area contributed by atoms with Gasteiger partial charge in [0.15, 0.2) is 0 Å². The first kappa shape index (κ1) is 15.4. The highest BCUT2D eigenvalue weighted by molar-refractivity contribution is 7.10. The number of nitrogens with one attached hydrogen (secondary N) is 1. The maximum absolute atomic E-state index is 12.0. The number of thiophene rings is 1. The number of rotatable bonds is 7. The summed E-state index contributed by atoms with van der Waals surface area (Å²) >= 11 is 1.45. The number of aromatic nitrogens is 1. The van der Waals surface area contributed by atoms with Gasteiger partial charge in [0.05, 0.1) is 18.5 Å². The van der Waals surface area contributed by atoms with Crippen molar-refractivity contribution in [2.24, 2.45) is 5.73 Å². The molecular weight excluding hydrogens is 290 g/mol. The van der Waals surface area contributed by atoms with Gasteiger partial charge in [-0.25, -0.2) is 4.98 Å². The molecule has 2 aromatic heterocycles. The Morgan fingerprint density at radius 3 is 2.90 bits per heavy atom. The third-order valence-corrected chi connectivity index (χ3v) is 3.63. The van der Waals surface area contributed by atoms with E-state index in [1.165, 1.54) is 17.5 Å². The number of carbonyl (C=O) groups excluding carboxylic acids is 1. The maximum Gasteiger partial charge on any atom is 0.246 e. The van der Waals surface area contributed by atoms with Crippen molar-refractivity contribution >= 4 is 22.9 Å². The average Bonchev–Trinajstić information content (AvgIpc) is 3.02. The van der Waals surface area contributed by atoms with E-state index in [-0.39, 0.29) is 5.91 Å². The van der Waals surface area contributed by atoms with Crippen LogP contribution >= 0.6 is 11.3 Å². The van der Waals surface area contributed by atoms with Crippen LogP contribution in [0.4, 0.5) is 5.69 Å². The van der Waals surface area contributed by atoms with Crippen LogP contribution < -0.4 is 15.8 Å². The van der Waals surface area contributed by atoms with Crippen LogP contribution in [-0.4, -0.2) is 31.2 Å². The van der Waals surface area contributed by atoms with Crippen molar-refractivity contribution in [3.05, 3.63) is 40.7 Å². The molecule has 2 aromatic rings. The Balaban J connectivity index is 1.89. The molecule has 6 nitrogen and oxygen atoms in total. The second-order valence-corrected chi connectivity index (χ2v) is 5.19. The van der Waals surface area contributed by atoms with E-state index >= 15 is 0 Å². The van der Waals surface area contributed by atoms with E-state index in [2.05, 4.69) is 10.3 Å². The fraction of sp³-hybridized carbons (Fsp3) is 0.286. The number of nitrogens with two attached hydrogens (primary N) is 1. The minimum absolute atomic E-state index is 0.271. The molecule has 0 saturated carbocycles. The molecule has 1 amide bonds. The number of methoxy groups -OCH3 is 1. The lowest BCUT2D eigenvalue weighted by Gasteiger charge is -2.11. The van der Waals surface area contributed by atoms with Crippen molar-refractivity contribution in [2.45, 2.75) is 6.04 Å². The van der Waals surface area contributed by atoms with Crippen molar-refractivity contribution in [3.8, 4) is 5.88 Å². The summed E-state index contributed by atoms with van der Waals surface area (Å²) in [5.41, 5.74) is 6.46. The normalized spacial score (nSPS) is 11.9. The van der Waals surface area contributed by atoms with E-state index in [0.717, 1.165) is 4.88 Å². The third kappa shape index (κ3) is 4.52. The molecule has 0 spiro atoms. The van der Waals surface area contributed by atoms with Gasteiger partial charge in [-0.1, -0.05) is 6.07 Å². The van der Waals surface area contributed by atoms with Crippen LogP contribution in [0.15, 0.2) is 35.8 Å². The van der Waals surface area contributed by atoms with Crippen molar-refractivity contribution in [1.29, 1.82) is 0 Å². The first-order chi connectivity index (χ1) is 10.2. The smallest absolute Gasteiger partial charge is 0.246 e. The summed E-state index contributed by atoms with van der Waals surface area (Å²) in [5.74, 6) is 0.208. The van der Waals surface area contributed by atoms with Crippen LogP contribution in [-0.2, 0) is 9.53 Å². The molecule has 0 aliphatic carbocycles. The highest BCUT2D eigenvalue weighted by Gasteiger charge is 2.16. The monoisotopic (exact) mass is 307 g/mol. The predicted molar refractivity (Wildman–Crippen MR) is 81.5 cm³/mol. The van der Waals surface area contributed by atoms with Gasteiger partial charge in [-0.05, 0) is 17.5 Å². The molecule has 1 atom stereocenters. The fourth-order valence-electron chi connectivity index (χ4n) is 1.59. The molecule has 2 rings (SSSR count). The van der Waals surface area contributed by atoms with Crippen molar-refractivity contribution in [2.75, 3.05) is 25.6 Å². The summed E-state index contributed by atoms with van der Waals surface area (Å²) in [7, 11) is 1.60. The van der Waals surface area contributed by atoms with Crippen LogP contribution in [0.3, 0.4) is 0 Å². The zero-order valence-electron chi connectivity index (χ0n) is 11.6. The van der Waals surface area contributed by atoms with Gasteiger partial charge < -0.3 is 20.5 Å². The molecular formula is C14H17N3O3S. The zero-order chi connectivity index (χ0) is 15.1. The first-order valence-corrected chi connectivity index (χ1v) is 7.26. The number of hydrogen-bond acceptors (Lipinski definition) is 6.